The summed E-state index contributed by atoms with van der Waals surface area (Å²) in [5, 5.41) is 10.1. The van der Waals surface area contributed by atoms with Gasteiger partial charge in [0.05, 0.1) is 17.6 Å². The van der Waals surface area contributed by atoms with Crippen LogP contribution in [0.2, 0.25) is 0 Å². The Hall–Kier alpha value is -3.82. The van der Waals surface area contributed by atoms with Crippen molar-refractivity contribution in [3.05, 3.63) is 59.5 Å². The summed E-state index contributed by atoms with van der Waals surface area (Å²) < 4.78 is 41.3. The molecule has 0 atom stereocenters. The van der Waals surface area contributed by atoms with Crippen LogP contribution in [0.5, 0.6) is 5.75 Å². The number of aromatic nitrogens is 4. The molecule has 0 aliphatic rings. The molecule has 0 fully saturated rings. The number of hydrogen-bond donors (Lipinski definition) is 3. The number of anilines is 1. The summed E-state index contributed by atoms with van der Waals surface area (Å²) in [6.45, 7) is 3.59. The molecule has 4 rings (SSSR count). The van der Waals surface area contributed by atoms with E-state index >= 15 is 0 Å². The lowest BCUT2D eigenvalue weighted by molar-refractivity contribution is -0.274. The summed E-state index contributed by atoms with van der Waals surface area (Å²) >= 11 is 0. The molecular weight excluding hydrogens is 399 g/mol. The number of hydrogen-bond acceptors (Lipinski definition) is 4. The van der Waals surface area contributed by atoms with Crippen molar-refractivity contribution in [2.75, 3.05) is 5.32 Å². The van der Waals surface area contributed by atoms with Crippen molar-refractivity contribution >= 4 is 22.6 Å². The minimum absolute atomic E-state index is 0.315. The Morgan fingerprint density at radius 2 is 1.97 bits per heavy atom. The third kappa shape index (κ3) is 3.97. The summed E-state index contributed by atoms with van der Waals surface area (Å²) in [6, 6.07) is 9.08. The van der Waals surface area contributed by atoms with Crippen LogP contribution >= 0.6 is 0 Å². The van der Waals surface area contributed by atoms with Crippen molar-refractivity contribution in [1.82, 2.24) is 20.2 Å². The summed E-state index contributed by atoms with van der Waals surface area (Å²) in [5.74, 6) is -0.660. The van der Waals surface area contributed by atoms with E-state index in [-0.39, 0.29) is 11.7 Å². The molecule has 1 aromatic carbocycles. The third-order valence-corrected chi connectivity index (χ3v) is 4.59. The number of carbonyl (C=O) groups is 1. The molecule has 0 unspecified atom stereocenters. The Balaban J connectivity index is 1.59. The minimum atomic E-state index is -4.76. The van der Waals surface area contributed by atoms with Gasteiger partial charge in [-0.25, -0.2) is 4.98 Å². The molecule has 7 nitrogen and oxygen atoms in total. The number of halogens is 3. The molecule has 3 N–H and O–H groups in total. The van der Waals surface area contributed by atoms with Gasteiger partial charge in [0.2, 0.25) is 0 Å². The highest BCUT2D eigenvalue weighted by Gasteiger charge is 2.31. The first-order valence-corrected chi connectivity index (χ1v) is 8.87. The molecule has 4 aromatic rings. The number of nitrogens with one attached hydrogen (secondary N) is 3. The highest BCUT2D eigenvalue weighted by molar-refractivity contribution is 6.04. The van der Waals surface area contributed by atoms with Crippen LogP contribution in [0.25, 0.3) is 22.3 Å². The number of H-pyrrole nitrogens is 2. The maximum absolute atomic E-state index is 12.5. The Morgan fingerprint density at radius 3 is 2.67 bits per heavy atom. The monoisotopic (exact) mass is 415 g/mol. The molecule has 3 heterocycles. The smallest absolute Gasteiger partial charge is 0.406 e. The van der Waals surface area contributed by atoms with Gasteiger partial charge >= 0.3 is 6.36 Å². The number of fused-ring (bicyclic) bond motifs is 1. The number of rotatable bonds is 4. The van der Waals surface area contributed by atoms with Crippen LogP contribution in [0.3, 0.4) is 0 Å². The van der Waals surface area contributed by atoms with E-state index in [0.717, 1.165) is 11.3 Å². The molecule has 0 aliphatic carbocycles. The number of nitrogens with zero attached hydrogens (tertiary/aromatic N) is 2. The number of aryl methyl sites for hydroxylation is 1. The third-order valence-electron chi connectivity index (χ3n) is 4.59. The van der Waals surface area contributed by atoms with Gasteiger partial charge in [-0.1, -0.05) is 12.1 Å². The number of ether oxygens (including phenoxy) is 1. The molecule has 30 heavy (non-hydrogen) atoms. The normalized spacial score (nSPS) is 11.6. The Bertz CT molecular complexity index is 1240. The van der Waals surface area contributed by atoms with Crippen molar-refractivity contribution < 1.29 is 22.7 Å². The fourth-order valence-corrected chi connectivity index (χ4v) is 3.00. The van der Waals surface area contributed by atoms with Crippen molar-refractivity contribution in [3.63, 3.8) is 0 Å². The number of carbonyl (C=O) groups excluding carboxylic acids is 1. The molecule has 0 saturated carbocycles. The molecule has 3 aromatic heterocycles. The zero-order chi connectivity index (χ0) is 21.5. The van der Waals surface area contributed by atoms with Crippen molar-refractivity contribution in [2.24, 2.45) is 0 Å². The van der Waals surface area contributed by atoms with E-state index in [2.05, 4.69) is 30.2 Å². The SMILES string of the molecule is Cc1n[nH]c(C(=O)Nc2cnc3[nH]c(-c4cccc(OC(F)(F)F)c4)cc3c2)c1C. The summed E-state index contributed by atoms with van der Waals surface area (Å²) in [5.41, 5.74) is 3.92. The number of benzene rings is 1. The molecule has 10 heteroatoms. The first-order valence-electron chi connectivity index (χ1n) is 8.87. The van der Waals surface area contributed by atoms with Gasteiger partial charge in [0.25, 0.3) is 5.91 Å². The van der Waals surface area contributed by atoms with Crippen LogP contribution in [-0.4, -0.2) is 32.4 Å². The average Bonchev–Trinajstić information content (AvgIpc) is 3.24. The lowest BCUT2D eigenvalue weighted by Crippen LogP contribution is -2.17. The summed E-state index contributed by atoms with van der Waals surface area (Å²) in [4.78, 5) is 19.8. The fraction of sp³-hybridized carbons (Fsp3) is 0.150. The maximum atomic E-state index is 12.5. The largest absolute Gasteiger partial charge is 0.573 e. The second kappa shape index (κ2) is 7.21. The molecule has 0 spiro atoms. The molecule has 0 radical (unpaired) electrons. The highest BCUT2D eigenvalue weighted by Crippen LogP contribution is 2.30. The first kappa shape index (κ1) is 19.5. The first-order chi connectivity index (χ1) is 14.2. The van der Waals surface area contributed by atoms with Gasteiger partial charge in [-0.3, -0.25) is 9.89 Å². The zero-order valence-electron chi connectivity index (χ0n) is 15.9. The van der Waals surface area contributed by atoms with Gasteiger partial charge in [0.1, 0.15) is 17.1 Å². The summed E-state index contributed by atoms with van der Waals surface area (Å²) in [6.07, 6.45) is -3.28. The Labute approximate surface area is 168 Å². The topological polar surface area (TPSA) is 95.7 Å². The van der Waals surface area contributed by atoms with E-state index in [9.17, 15) is 18.0 Å². The van der Waals surface area contributed by atoms with Crippen LogP contribution in [-0.2, 0) is 0 Å². The number of alkyl halides is 3. The lowest BCUT2D eigenvalue weighted by Gasteiger charge is -2.09. The fourth-order valence-electron chi connectivity index (χ4n) is 3.00. The van der Waals surface area contributed by atoms with Gasteiger partial charge in [-0.2, -0.15) is 5.10 Å². The van der Waals surface area contributed by atoms with Gasteiger partial charge in [0.15, 0.2) is 0 Å². The van der Waals surface area contributed by atoms with E-state index in [0.29, 0.717) is 33.7 Å². The number of amides is 1. The van der Waals surface area contributed by atoms with E-state index in [1.165, 1.54) is 24.4 Å². The predicted octanol–water partition coefficient (Wildman–Crippen LogP) is 4.72. The molecule has 0 saturated heterocycles. The Kier molecular flexibility index (Phi) is 4.69. The summed E-state index contributed by atoms with van der Waals surface area (Å²) in [7, 11) is 0. The van der Waals surface area contributed by atoms with Crippen LogP contribution in [0.4, 0.5) is 18.9 Å². The lowest BCUT2D eigenvalue weighted by atomic mass is 10.1. The van der Waals surface area contributed by atoms with Gasteiger partial charge in [-0.05, 0) is 38.1 Å². The zero-order valence-corrected chi connectivity index (χ0v) is 15.9. The standard InChI is InChI=1S/C20H16F3N5O2/c1-10-11(2)27-28-17(10)19(29)25-14-6-13-8-16(26-18(13)24-9-14)12-4-3-5-15(7-12)30-20(21,22)23/h3-9H,1-2H3,(H,24,26)(H,25,29)(H,27,28). The van der Waals surface area contributed by atoms with Gasteiger partial charge in [0, 0.05) is 22.2 Å². The number of pyridine rings is 1. The minimum Gasteiger partial charge on any atom is -0.406 e. The quantitative estimate of drug-likeness (QED) is 0.449. The van der Waals surface area contributed by atoms with Crippen LogP contribution in [0, 0.1) is 13.8 Å². The van der Waals surface area contributed by atoms with Crippen LogP contribution in [0.1, 0.15) is 21.7 Å². The van der Waals surface area contributed by atoms with Gasteiger partial charge in [-0.15, -0.1) is 13.2 Å². The molecular formula is C20H16F3N5O2. The van der Waals surface area contributed by atoms with E-state index in [1.807, 2.05) is 0 Å². The molecule has 1 amide bonds. The van der Waals surface area contributed by atoms with Crippen LogP contribution < -0.4 is 10.1 Å². The van der Waals surface area contributed by atoms with Gasteiger partial charge < -0.3 is 15.0 Å². The Morgan fingerprint density at radius 1 is 1.17 bits per heavy atom. The number of aromatic amines is 2. The van der Waals surface area contributed by atoms with Crippen molar-refractivity contribution in [1.29, 1.82) is 0 Å². The van der Waals surface area contributed by atoms with Crippen molar-refractivity contribution in [2.45, 2.75) is 20.2 Å². The van der Waals surface area contributed by atoms with E-state index in [4.69, 9.17) is 0 Å². The van der Waals surface area contributed by atoms with Crippen LogP contribution in [0.15, 0.2) is 42.6 Å². The van der Waals surface area contributed by atoms with Crippen molar-refractivity contribution in [3.8, 4) is 17.0 Å². The predicted molar refractivity (Wildman–Crippen MR) is 104 cm³/mol. The van der Waals surface area contributed by atoms with E-state index in [1.54, 1.807) is 32.0 Å². The molecule has 0 aliphatic heterocycles. The maximum Gasteiger partial charge on any atom is 0.573 e. The molecule has 0 bridgehead atoms. The second-order valence-electron chi connectivity index (χ2n) is 6.68. The molecule has 154 valence electrons. The van der Waals surface area contributed by atoms with E-state index < -0.39 is 6.36 Å². The average molecular weight is 415 g/mol. The highest BCUT2D eigenvalue weighted by atomic mass is 19.4. The second-order valence-corrected chi connectivity index (χ2v) is 6.68.